The molecular formula is C21H23N7O. The van der Waals surface area contributed by atoms with Crippen LogP contribution in [0.1, 0.15) is 54.6 Å². The second-order valence-corrected chi connectivity index (χ2v) is 7.33. The molecule has 0 radical (unpaired) electrons. The van der Waals surface area contributed by atoms with E-state index in [1.165, 1.54) is 0 Å². The zero-order valence-corrected chi connectivity index (χ0v) is 16.0. The molecule has 8 heteroatoms. The standard InChI is InChI=1S/C21H23N7O/c22-19-9-7-17(25-27-19)14-4-3-5-15(12-14)18-8-10-20(28-26-18)24-21(29)13-16-6-1-2-11-23-16/h1-2,6-11,14-15H,3-5,12-13H2,(H2,22,27)(H,24,28,29)/t14-,15-/m1/s1. The van der Waals surface area contributed by atoms with Crippen LogP contribution < -0.4 is 11.1 Å². The van der Waals surface area contributed by atoms with Crippen molar-refractivity contribution in [3.8, 4) is 0 Å². The van der Waals surface area contributed by atoms with Crippen LogP contribution in [0.2, 0.25) is 0 Å². The van der Waals surface area contributed by atoms with Crippen molar-refractivity contribution in [3.05, 3.63) is 65.7 Å². The van der Waals surface area contributed by atoms with Gasteiger partial charge in [-0.2, -0.15) is 10.2 Å². The van der Waals surface area contributed by atoms with Gasteiger partial charge in [-0.1, -0.05) is 12.5 Å². The van der Waals surface area contributed by atoms with E-state index in [1.807, 2.05) is 36.4 Å². The van der Waals surface area contributed by atoms with Gasteiger partial charge in [-0.25, -0.2) is 0 Å². The van der Waals surface area contributed by atoms with Gasteiger partial charge in [0.25, 0.3) is 0 Å². The molecule has 4 rings (SSSR count). The zero-order chi connectivity index (χ0) is 20.1. The summed E-state index contributed by atoms with van der Waals surface area (Å²) in [4.78, 5) is 16.3. The van der Waals surface area contributed by atoms with Crippen LogP contribution in [0.3, 0.4) is 0 Å². The predicted octanol–water partition coefficient (Wildman–Crippen LogP) is 2.87. The summed E-state index contributed by atoms with van der Waals surface area (Å²) in [5.74, 6) is 1.39. The van der Waals surface area contributed by atoms with Crippen LogP contribution in [0.15, 0.2) is 48.7 Å². The van der Waals surface area contributed by atoms with Gasteiger partial charge >= 0.3 is 0 Å². The molecule has 1 fully saturated rings. The fraction of sp³-hybridized carbons (Fsp3) is 0.333. The Morgan fingerprint density at radius 3 is 2.34 bits per heavy atom. The number of amides is 1. The number of nitrogens with zero attached hydrogens (tertiary/aromatic N) is 5. The Labute approximate surface area is 169 Å². The topological polar surface area (TPSA) is 120 Å². The molecule has 0 aliphatic heterocycles. The fourth-order valence-corrected chi connectivity index (χ4v) is 3.78. The number of nitrogen functional groups attached to an aromatic ring is 1. The summed E-state index contributed by atoms with van der Waals surface area (Å²) in [6.07, 6.45) is 6.09. The Hall–Kier alpha value is -3.42. The molecule has 1 aliphatic carbocycles. The first kappa shape index (κ1) is 18.9. The van der Waals surface area contributed by atoms with Crippen LogP contribution in [0, 0.1) is 0 Å². The molecule has 0 bridgehead atoms. The van der Waals surface area contributed by atoms with Crippen molar-refractivity contribution in [2.75, 3.05) is 11.1 Å². The van der Waals surface area contributed by atoms with Gasteiger partial charge < -0.3 is 11.1 Å². The van der Waals surface area contributed by atoms with Crippen molar-refractivity contribution in [3.63, 3.8) is 0 Å². The van der Waals surface area contributed by atoms with Crippen molar-refractivity contribution in [2.45, 2.75) is 43.9 Å². The van der Waals surface area contributed by atoms with E-state index in [-0.39, 0.29) is 12.3 Å². The minimum atomic E-state index is -0.162. The molecule has 0 spiro atoms. The Morgan fingerprint density at radius 2 is 1.72 bits per heavy atom. The molecule has 148 valence electrons. The third-order valence-corrected chi connectivity index (χ3v) is 5.24. The quantitative estimate of drug-likeness (QED) is 0.688. The lowest BCUT2D eigenvalue weighted by Crippen LogP contribution is -2.18. The molecule has 3 N–H and O–H groups in total. The Morgan fingerprint density at radius 1 is 0.966 bits per heavy atom. The van der Waals surface area contributed by atoms with Crippen LogP contribution in [0.5, 0.6) is 0 Å². The Bertz CT molecular complexity index is 945. The normalized spacial score (nSPS) is 18.9. The number of nitrogens with one attached hydrogen (secondary N) is 1. The number of hydrogen-bond donors (Lipinski definition) is 2. The molecule has 1 saturated carbocycles. The van der Waals surface area contributed by atoms with Crippen molar-refractivity contribution in [1.29, 1.82) is 0 Å². The molecule has 2 atom stereocenters. The lowest BCUT2D eigenvalue weighted by atomic mass is 9.78. The molecule has 29 heavy (non-hydrogen) atoms. The average Bonchev–Trinajstić information content (AvgIpc) is 2.75. The smallest absolute Gasteiger partial charge is 0.231 e. The van der Waals surface area contributed by atoms with Crippen molar-refractivity contribution in [1.82, 2.24) is 25.4 Å². The zero-order valence-electron chi connectivity index (χ0n) is 16.0. The minimum Gasteiger partial charge on any atom is -0.382 e. The van der Waals surface area contributed by atoms with E-state index in [2.05, 4.69) is 30.7 Å². The van der Waals surface area contributed by atoms with E-state index in [9.17, 15) is 4.79 Å². The monoisotopic (exact) mass is 389 g/mol. The largest absolute Gasteiger partial charge is 0.382 e. The van der Waals surface area contributed by atoms with E-state index in [0.29, 0.717) is 29.2 Å². The Kier molecular flexibility index (Phi) is 5.69. The van der Waals surface area contributed by atoms with Crippen molar-refractivity contribution >= 4 is 17.5 Å². The number of pyridine rings is 1. The maximum absolute atomic E-state index is 12.2. The molecule has 1 aliphatic rings. The van der Waals surface area contributed by atoms with E-state index < -0.39 is 0 Å². The van der Waals surface area contributed by atoms with E-state index >= 15 is 0 Å². The summed E-state index contributed by atoms with van der Waals surface area (Å²) >= 11 is 0. The second-order valence-electron chi connectivity index (χ2n) is 7.33. The average molecular weight is 389 g/mol. The van der Waals surface area contributed by atoms with E-state index in [0.717, 1.165) is 37.1 Å². The summed E-state index contributed by atoms with van der Waals surface area (Å²) in [7, 11) is 0. The summed E-state index contributed by atoms with van der Waals surface area (Å²) in [6, 6.07) is 13.0. The molecule has 3 aromatic rings. The van der Waals surface area contributed by atoms with Gasteiger partial charge in [0.2, 0.25) is 5.91 Å². The number of hydrogen-bond acceptors (Lipinski definition) is 7. The highest BCUT2D eigenvalue weighted by Gasteiger charge is 2.26. The highest BCUT2D eigenvalue weighted by molar-refractivity contribution is 5.91. The minimum absolute atomic E-state index is 0.162. The lowest BCUT2D eigenvalue weighted by molar-refractivity contribution is -0.115. The van der Waals surface area contributed by atoms with E-state index in [1.54, 1.807) is 12.3 Å². The van der Waals surface area contributed by atoms with Crippen molar-refractivity contribution < 1.29 is 4.79 Å². The second kappa shape index (κ2) is 8.72. The SMILES string of the molecule is Nc1ccc([C@@H]2CCC[C@@H](c3ccc(NC(=O)Cc4ccccn4)nn3)C2)nn1. The first-order chi connectivity index (χ1) is 14.2. The van der Waals surface area contributed by atoms with Gasteiger partial charge in [0.15, 0.2) is 5.82 Å². The number of aromatic nitrogens is 5. The number of carbonyl (C=O) groups excluding carboxylic acids is 1. The lowest BCUT2D eigenvalue weighted by Gasteiger charge is -2.28. The molecule has 3 heterocycles. The third kappa shape index (κ3) is 4.90. The van der Waals surface area contributed by atoms with E-state index in [4.69, 9.17) is 5.73 Å². The summed E-state index contributed by atoms with van der Waals surface area (Å²) in [5, 5.41) is 19.6. The van der Waals surface area contributed by atoms with Crippen LogP contribution in [-0.4, -0.2) is 31.3 Å². The van der Waals surface area contributed by atoms with Crippen LogP contribution in [-0.2, 0) is 11.2 Å². The van der Waals surface area contributed by atoms with Gasteiger partial charge in [0.05, 0.1) is 17.8 Å². The molecule has 3 aromatic heterocycles. The van der Waals surface area contributed by atoms with Gasteiger partial charge in [-0.3, -0.25) is 9.78 Å². The molecule has 8 nitrogen and oxygen atoms in total. The van der Waals surface area contributed by atoms with Gasteiger partial charge in [-0.15, -0.1) is 10.2 Å². The molecule has 0 aromatic carbocycles. The maximum Gasteiger partial charge on any atom is 0.231 e. The Balaban J connectivity index is 1.37. The van der Waals surface area contributed by atoms with Gasteiger partial charge in [-0.05, 0) is 55.7 Å². The summed E-state index contributed by atoms with van der Waals surface area (Å²) < 4.78 is 0. The number of rotatable bonds is 5. The highest BCUT2D eigenvalue weighted by atomic mass is 16.1. The summed E-state index contributed by atoms with van der Waals surface area (Å²) in [5.41, 5.74) is 8.28. The predicted molar refractivity (Wildman–Crippen MR) is 109 cm³/mol. The van der Waals surface area contributed by atoms with Crippen LogP contribution in [0.25, 0.3) is 0 Å². The first-order valence-electron chi connectivity index (χ1n) is 9.80. The number of carbonyl (C=O) groups is 1. The molecule has 0 unspecified atom stereocenters. The number of anilines is 2. The van der Waals surface area contributed by atoms with Crippen LogP contribution in [0.4, 0.5) is 11.6 Å². The van der Waals surface area contributed by atoms with Crippen LogP contribution >= 0.6 is 0 Å². The van der Waals surface area contributed by atoms with Crippen molar-refractivity contribution in [2.24, 2.45) is 0 Å². The fourth-order valence-electron chi connectivity index (χ4n) is 3.78. The number of nitrogens with two attached hydrogens (primary N) is 1. The molecule has 0 saturated heterocycles. The summed E-state index contributed by atoms with van der Waals surface area (Å²) in [6.45, 7) is 0. The molecular weight excluding hydrogens is 366 g/mol. The van der Waals surface area contributed by atoms with Gasteiger partial charge in [0, 0.05) is 23.7 Å². The molecule has 1 amide bonds. The first-order valence-corrected chi connectivity index (χ1v) is 9.80. The maximum atomic E-state index is 12.2. The third-order valence-electron chi connectivity index (χ3n) is 5.24. The van der Waals surface area contributed by atoms with Gasteiger partial charge in [0.1, 0.15) is 5.82 Å². The highest BCUT2D eigenvalue weighted by Crippen LogP contribution is 2.39.